The molecule has 0 spiro atoms. The lowest BCUT2D eigenvalue weighted by Gasteiger charge is -2.21. The molecule has 2 N–H and O–H groups in total. The zero-order valence-electron chi connectivity index (χ0n) is 12.2. The quantitative estimate of drug-likeness (QED) is 0.943. The van der Waals surface area contributed by atoms with Crippen LogP contribution in [0.2, 0.25) is 0 Å². The molecule has 1 amide bonds. The maximum Gasteiger partial charge on any atom is 0.244 e. The maximum atomic E-state index is 12.3. The lowest BCUT2D eigenvalue weighted by Crippen LogP contribution is -2.43. The number of anilines is 1. The van der Waals surface area contributed by atoms with Crippen molar-refractivity contribution in [3.05, 3.63) is 59.9 Å². The third kappa shape index (κ3) is 4.55. The van der Waals surface area contributed by atoms with E-state index in [0.29, 0.717) is 6.42 Å². The van der Waals surface area contributed by atoms with Crippen molar-refractivity contribution in [1.29, 1.82) is 0 Å². The lowest BCUT2D eigenvalue weighted by atomic mass is 10.1. The number of rotatable bonds is 4. The van der Waals surface area contributed by atoms with Crippen LogP contribution in [0.15, 0.2) is 48.7 Å². The highest BCUT2D eigenvalue weighted by Crippen LogP contribution is 2.13. The smallest absolute Gasteiger partial charge is 0.244 e. The molecule has 0 aliphatic heterocycles. The Morgan fingerprint density at radius 1 is 1.24 bits per heavy atom. The number of halogens is 1. The topological polar surface area (TPSA) is 59.2 Å². The normalized spacial score (nSPS) is 11.4. The van der Waals surface area contributed by atoms with E-state index in [4.69, 9.17) is 5.73 Å². The van der Waals surface area contributed by atoms with Crippen LogP contribution >= 0.6 is 12.4 Å². The van der Waals surface area contributed by atoms with Gasteiger partial charge in [0.25, 0.3) is 0 Å². The van der Waals surface area contributed by atoms with Crippen molar-refractivity contribution in [3.8, 4) is 0 Å². The summed E-state index contributed by atoms with van der Waals surface area (Å²) in [6, 6.07) is 13.0. The summed E-state index contributed by atoms with van der Waals surface area (Å²) in [6.45, 7) is 1.91. The van der Waals surface area contributed by atoms with Gasteiger partial charge in [-0.2, -0.15) is 0 Å². The molecule has 1 aromatic carbocycles. The number of amides is 1. The molecule has 4 nitrogen and oxygen atoms in total. The summed E-state index contributed by atoms with van der Waals surface area (Å²) in [5.74, 6) is -0.112. The zero-order chi connectivity index (χ0) is 14.5. The summed E-state index contributed by atoms with van der Waals surface area (Å²) in [6.07, 6.45) is 2.21. The van der Waals surface area contributed by atoms with Crippen LogP contribution in [0.4, 0.5) is 5.69 Å². The predicted molar refractivity (Wildman–Crippen MR) is 87.8 cm³/mol. The minimum Gasteiger partial charge on any atom is -0.320 e. The molecular weight excluding hydrogens is 286 g/mol. The first-order valence-corrected chi connectivity index (χ1v) is 6.57. The first kappa shape index (κ1) is 17.1. The van der Waals surface area contributed by atoms with Gasteiger partial charge in [0.2, 0.25) is 5.91 Å². The van der Waals surface area contributed by atoms with Gasteiger partial charge >= 0.3 is 0 Å². The minimum absolute atomic E-state index is 0. The van der Waals surface area contributed by atoms with Crippen LogP contribution in [0.1, 0.15) is 11.3 Å². The van der Waals surface area contributed by atoms with Crippen molar-refractivity contribution < 1.29 is 4.79 Å². The van der Waals surface area contributed by atoms with Crippen molar-refractivity contribution in [2.24, 2.45) is 5.73 Å². The summed E-state index contributed by atoms with van der Waals surface area (Å²) in [7, 11) is 1.72. The molecule has 112 valence electrons. The number of aromatic nitrogens is 1. The van der Waals surface area contributed by atoms with Crippen LogP contribution in [0.3, 0.4) is 0 Å². The predicted octanol–water partition coefficient (Wildman–Crippen LogP) is 2.34. The molecule has 0 bridgehead atoms. The van der Waals surface area contributed by atoms with Gasteiger partial charge in [-0.1, -0.05) is 30.3 Å². The average molecular weight is 306 g/mol. The Labute approximate surface area is 131 Å². The number of carbonyl (C=O) groups is 1. The second-order valence-electron chi connectivity index (χ2n) is 4.85. The number of likely N-dealkylation sites (N-methyl/N-ethyl adjacent to an activating group) is 1. The molecule has 2 rings (SSSR count). The Morgan fingerprint density at radius 3 is 2.48 bits per heavy atom. The number of pyridine rings is 1. The summed E-state index contributed by atoms with van der Waals surface area (Å²) >= 11 is 0. The van der Waals surface area contributed by atoms with Gasteiger partial charge in [0, 0.05) is 12.7 Å². The highest BCUT2D eigenvalue weighted by Gasteiger charge is 2.19. The molecule has 5 heteroatoms. The van der Waals surface area contributed by atoms with E-state index in [2.05, 4.69) is 4.98 Å². The van der Waals surface area contributed by atoms with Crippen molar-refractivity contribution in [2.75, 3.05) is 11.9 Å². The van der Waals surface area contributed by atoms with Crippen molar-refractivity contribution in [2.45, 2.75) is 19.4 Å². The SMILES string of the molecule is Cc1ccc(N(C)C(=O)[C@H](N)Cc2ccccc2)cn1.Cl. The van der Waals surface area contributed by atoms with Crippen molar-refractivity contribution >= 4 is 24.0 Å². The van der Waals surface area contributed by atoms with Gasteiger partial charge in [0.15, 0.2) is 0 Å². The Kier molecular flexibility index (Phi) is 6.34. The third-order valence-electron chi connectivity index (χ3n) is 3.23. The van der Waals surface area contributed by atoms with Crippen molar-refractivity contribution in [3.63, 3.8) is 0 Å². The third-order valence-corrected chi connectivity index (χ3v) is 3.23. The molecule has 21 heavy (non-hydrogen) atoms. The Morgan fingerprint density at radius 2 is 1.90 bits per heavy atom. The molecule has 0 radical (unpaired) electrons. The van der Waals surface area contributed by atoms with Crippen LogP contribution in [0.25, 0.3) is 0 Å². The highest BCUT2D eigenvalue weighted by molar-refractivity contribution is 5.96. The monoisotopic (exact) mass is 305 g/mol. The summed E-state index contributed by atoms with van der Waals surface area (Å²) in [5, 5.41) is 0. The minimum atomic E-state index is -0.552. The van der Waals surface area contributed by atoms with Gasteiger partial charge in [-0.25, -0.2) is 0 Å². The largest absolute Gasteiger partial charge is 0.320 e. The molecule has 0 aliphatic carbocycles. The number of aryl methyl sites for hydroxylation is 1. The fourth-order valence-corrected chi connectivity index (χ4v) is 1.99. The molecule has 0 fully saturated rings. The number of carbonyl (C=O) groups excluding carboxylic acids is 1. The van der Waals surface area contributed by atoms with E-state index in [9.17, 15) is 4.79 Å². The number of hydrogen-bond acceptors (Lipinski definition) is 3. The van der Waals surface area contributed by atoms with Gasteiger partial charge in [-0.3, -0.25) is 9.78 Å². The van der Waals surface area contributed by atoms with E-state index < -0.39 is 6.04 Å². The van der Waals surface area contributed by atoms with Crippen LogP contribution in [0.5, 0.6) is 0 Å². The van der Waals surface area contributed by atoms with E-state index in [-0.39, 0.29) is 18.3 Å². The summed E-state index contributed by atoms with van der Waals surface area (Å²) < 4.78 is 0. The molecule has 0 saturated carbocycles. The van der Waals surface area contributed by atoms with Gasteiger partial charge in [0.1, 0.15) is 0 Å². The number of nitrogens with two attached hydrogens (primary N) is 1. The second-order valence-corrected chi connectivity index (χ2v) is 4.85. The molecule has 1 atom stereocenters. The molecule has 1 heterocycles. The molecular formula is C16H20ClN3O. The first-order chi connectivity index (χ1) is 9.58. The van der Waals surface area contributed by atoms with Crippen LogP contribution in [-0.2, 0) is 11.2 Å². The Balaban J connectivity index is 0.00000220. The van der Waals surface area contributed by atoms with Gasteiger partial charge in [-0.15, -0.1) is 12.4 Å². The number of hydrogen-bond donors (Lipinski definition) is 1. The van der Waals surface area contributed by atoms with E-state index in [1.165, 1.54) is 0 Å². The van der Waals surface area contributed by atoms with Gasteiger partial charge in [-0.05, 0) is 31.0 Å². The zero-order valence-corrected chi connectivity index (χ0v) is 13.0. The van der Waals surface area contributed by atoms with E-state index >= 15 is 0 Å². The molecule has 1 aromatic heterocycles. The van der Waals surface area contributed by atoms with Gasteiger partial charge in [0.05, 0.1) is 17.9 Å². The number of benzene rings is 1. The van der Waals surface area contributed by atoms with Crippen LogP contribution < -0.4 is 10.6 Å². The standard InChI is InChI=1S/C16H19N3O.ClH/c1-12-8-9-14(11-18-12)19(2)16(20)15(17)10-13-6-4-3-5-7-13;/h3-9,11,15H,10,17H2,1-2H3;1H/t15-;/m1./s1. The maximum absolute atomic E-state index is 12.3. The van der Waals surface area contributed by atoms with E-state index in [0.717, 1.165) is 16.9 Å². The van der Waals surface area contributed by atoms with Gasteiger partial charge < -0.3 is 10.6 Å². The van der Waals surface area contributed by atoms with Crippen LogP contribution in [-0.4, -0.2) is 24.0 Å². The molecule has 0 unspecified atom stereocenters. The Bertz CT molecular complexity index is 572. The second kappa shape index (κ2) is 7.76. The highest BCUT2D eigenvalue weighted by atomic mass is 35.5. The lowest BCUT2D eigenvalue weighted by molar-refractivity contribution is -0.119. The number of nitrogens with zero attached hydrogens (tertiary/aromatic N) is 2. The summed E-state index contributed by atoms with van der Waals surface area (Å²) in [5.41, 5.74) is 8.74. The fraction of sp³-hybridized carbons (Fsp3) is 0.250. The van der Waals surface area contributed by atoms with Crippen LogP contribution in [0, 0.1) is 6.92 Å². The average Bonchev–Trinajstić information content (AvgIpc) is 2.47. The van der Waals surface area contributed by atoms with E-state index in [1.807, 2.05) is 49.4 Å². The summed E-state index contributed by atoms with van der Waals surface area (Å²) in [4.78, 5) is 18.1. The van der Waals surface area contributed by atoms with E-state index in [1.54, 1.807) is 18.1 Å². The molecule has 2 aromatic rings. The Hall–Kier alpha value is -1.91. The first-order valence-electron chi connectivity index (χ1n) is 6.57. The molecule has 0 aliphatic rings. The van der Waals surface area contributed by atoms with Crippen molar-refractivity contribution in [1.82, 2.24) is 4.98 Å². The molecule has 0 saturated heterocycles. The fourth-order valence-electron chi connectivity index (χ4n) is 1.99.